The molecule has 1 aromatic heterocycles. The molecule has 1 heteroatoms. The largest absolute Gasteiger partial charge is 0.213 e. The topological polar surface area (TPSA) is 3.88 Å². The molecule has 20 heavy (non-hydrogen) atoms. The third-order valence-electron chi connectivity index (χ3n) is 4.09. The second kappa shape index (κ2) is 4.31. The minimum Gasteiger partial charge on any atom is -0.187 e. The van der Waals surface area contributed by atoms with E-state index in [1.807, 2.05) is 0 Å². The van der Waals surface area contributed by atoms with Crippen LogP contribution in [0.2, 0.25) is 0 Å². The minimum atomic E-state index is 0.294. The van der Waals surface area contributed by atoms with E-state index in [1.54, 1.807) is 0 Å². The number of aryl methyl sites for hydroxylation is 1. The Bertz CT molecular complexity index is 726. The SMILES string of the molecule is Cc1ccc(C2c3ccccc3-c3cccc[n+]32)cc1. The first-order valence-electron chi connectivity index (χ1n) is 7.00. The number of pyridine rings is 1. The van der Waals surface area contributed by atoms with Crippen LogP contribution in [0.5, 0.6) is 0 Å². The molecule has 0 fully saturated rings. The smallest absolute Gasteiger partial charge is 0.187 e. The van der Waals surface area contributed by atoms with Gasteiger partial charge in [0.25, 0.3) is 0 Å². The van der Waals surface area contributed by atoms with Gasteiger partial charge in [0.05, 0.1) is 5.56 Å². The highest BCUT2D eigenvalue weighted by Crippen LogP contribution is 2.36. The molecular weight excluding hydrogens is 242 g/mol. The molecule has 2 aromatic carbocycles. The molecule has 96 valence electrons. The fourth-order valence-corrected chi connectivity index (χ4v) is 3.12. The van der Waals surface area contributed by atoms with Gasteiger partial charge in [0.2, 0.25) is 11.7 Å². The molecule has 0 N–H and O–H groups in total. The summed E-state index contributed by atoms with van der Waals surface area (Å²) < 4.78 is 2.37. The van der Waals surface area contributed by atoms with Gasteiger partial charge in [-0.2, -0.15) is 4.57 Å². The summed E-state index contributed by atoms with van der Waals surface area (Å²) in [6.45, 7) is 2.13. The van der Waals surface area contributed by atoms with Crippen molar-refractivity contribution in [3.63, 3.8) is 0 Å². The zero-order valence-electron chi connectivity index (χ0n) is 11.5. The molecule has 2 heterocycles. The predicted octanol–water partition coefficient (Wildman–Crippen LogP) is 3.90. The van der Waals surface area contributed by atoms with Crippen molar-refractivity contribution in [2.75, 3.05) is 0 Å². The predicted molar refractivity (Wildman–Crippen MR) is 80.5 cm³/mol. The molecule has 0 radical (unpaired) electrons. The summed E-state index contributed by atoms with van der Waals surface area (Å²) >= 11 is 0. The van der Waals surface area contributed by atoms with Gasteiger partial charge in [-0.3, -0.25) is 0 Å². The van der Waals surface area contributed by atoms with Gasteiger partial charge in [0.15, 0.2) is 6.20 Å². The maximum atomic E-state index is 2.37. The van der Waals surface area contributed by atoms with E-state index >= 15 is 0 Å². The maximum Gasteiger partial charge on any atom is 0.213 e. The van der Waals surface area contributed by atoms with Crippen LogP contribution in [0, 0.1) is 6.92 Å². The fraction of sp³-hybridized carbons (Fsp3) is 0.105. The zero-order valence-corrected chi connectivity index (χ0v) is 11.5. The summed E-state index contributed by atoms with van der Waals surface area (Å²) in [4.78, 5) is 0. The van der Waals surface area contributed by atoms with Crippen molar-refractivity contribution in [1.82, 2.24) is 0 Å². The number of hydrogen-bond donors (Lipinski definition) is 0. The highest BCUT2D eigenvalue weighted by molar-refractivity contribution is 5.65. The molecule has 1 aliphatic rings. The van der Waals surface area contributed by atoms with Crippen LogP contribution in [0.1, 0.15) is 22.7 Å². The third-order valence-corrected chi connectivity index (χ3v) is 4.09. The normalized spacial score (nSPS) is 15.8. The van der Waals surface area contributed by atoms with Crippen LogP contribution in [0.25, 0.3) is 11.3 Å². The molecule has 1 nitrogen and oxygen atoms in total. The Hall–Kier alpha value is -2.41. The van der Waals surface area contributed by atoms with Gasteiger partial charge in [0, 0.05) is 23.3 Å². The average molecular weight is 258 g/mol. The second-order valence-electron chi connectivity index (χ2n) is 5.39. The first-order valence-corrected chi connectivity index (χ1v) is 7.00. The third kappa shape index (κ3) is 1.60. The molecule has 1 aliphatic heterocycles. The Labute approximate surface area is 119 Å². The summed E-state index contributed by atoms with van der Waals surface area (Å²) in [5, 5.41) is 0. The molecule has 1 unspecified atom stereocenters. The second-order valence-corrected chi connectivity index (χ2v) is 5.39. The lowest BCUT2D eigenvalue weighted by atomic mass is 9.97. The van der Waals surface area contributed by atoms with Crippen LogP contribution in [0.15, 0.2) is 72.9 Å². The van der Waals surface area contributed by atoms with E-state index in [1.165, 1.54) is 27.9 Å². The van der Waals surface area contributed by atoms with E-state index in [2.05, 4.69) is 84.4 Å². The van der Waals surface area contributed by atoms with Crippen molar-refractivity contribution in [3.05, 3.63) is 89.6 Å². The molecule has 0 spiro atoms. The summed E-state index contributed by atoms with van der Waals surface area (Å²) in [6.07, 6.45) is 2.18. The lowest BCUT2D eigenvalue weighted by Gasteiger charge is -2.09. The monoisotopic (exact) mass is 258 g/mol. The van der Waals surface area contributed by atoms with Gasteiger partial charge in [0.1, 0.15) is 0 Å². The number of aromatic nitrogens is 1. The van der Waals surface area contributed by atoms with E-state index < -0.39 is 0 Å². The fourth-order valence-electron chi connectivity index (χ4n) is 3.12. The van der Waals surface area contributed by atoms with E-state index in [-0.39, 0.29) is 0 Å². The van der Waals surface area contributed by atoms with Gasteiger partial charge in [-0.15, -0.1) is 0 Å². The van der Waals surface area contributed by atoms with Crippen molar-refractivity contribution in [2.45, 2.75) is 13.0 Å². The highest BCUT2D eigenvalue weighted by atomic mass is 15.0. The van der Waals surface area contributed by atoms with Crippen molar-refractivity contribution >= 4 is 0 Å². The molecule has 0 aliphatic carbocycles. The van der Waals surface area contributed by atoms with E-state index in [0.29, 0.717) is 6.04 Å². The molecule has 0 saturated heterocycles. The number of fused-ring (bicyclic) bond motifs is 3. The van der Waals surface area contributed by atoms with Gasteiger partial charge in [-0.1, -0.05) is 48.0 Å². The van der Waals surface area contributed by atoms with Crippen LogP contribution in [0.3, 0.4) is 0 Å². The highest BCUT2D eigenvalue weighted by Gasteiger charge is 2.36. The Morgan fingerprint density at radius 3 is 2.40 bits per heavy atom. The summed E-state index contributed by atoms with van der Waals surface area (Å²) in [6, 6.07) is 24.3. The summed E-state index contributed by atoms with van der Waals surface area (Å²) in [5.74, 6) is 0. The first-order chi connectivity index (χ1) is 9.84. The molecule has 0 bridgehead atoms. The van der Waals surface area contributed by atoms with Crippen LogP contribution in [0.4, 0.5) is 0 Å². The van der Waals surface area contributed by atoms with Crippen LogP contribution < -0.4 is 4.57 Å². The molecule has 4 rings (SSSR count). The van der Waals surface area contributed by atoms with Crippen LogP contribution >= 0.6 is 0 Å². The van der Waals surface area contributed by atoms with Crippen LogP contribution in [-0.2, 0) is 0 Å². The lowest BCUT2D eigenvalue weighted by Crippen LogP contribution is -2.37. The van der Waals surface area contributed by atoms with E-state index in [9.17, 15) is 0 Å². The molecular formula is C19H16N+. The summed E-state index contributed by atoms with van der Waals surface area (Å²) in [7, 11) is 0. The van der Waals surface area contributed by atoms with Crippen molar-refractivity contribution < 1.29 is 4.57 Å². The average Bonchev–Trinajstić information content (AvgIpc) is 2.83. The number of hydrogen-bond acceptors (Lipinski definition) is 0. The van der Waals surface area contributed by atoms with Crippen LogP contribution in [-0.4, -0.2) is 0 Å². The van der Waals surface area contributed by atoms with E-state index in [4.69, 9.17) is 0 Å². The molecule has 1 atom stereocenters. The van der Waals surface area contributed by atoms with Gasteiger partial charge in [-0.25, -0.2) is 0 Å². The number of benzene rings is 2. The van der Waals surface area contributed by atoms with E-state index in [0.717, 1.165) is 0 Å². The Kier molecular flexibility index (Phi) is 2.46. The standard InChI is InChI=1S/C19H16N/c1-14-9-11-15(12-10-14)19-17-7-3-2-6-16(17)18-8-4-5-13-20(18)19/h2-13,19H,1H3/q+1. The minimum absolute atomic E-state index is 0.294. The Morgan fingerprint density at radius 1 is 0.800 bits per heavy atom. The van der Waals surface area contributed by atoms with Gasteiger partial charge >= 0.3 is 0 Å². The van der Waals surface area contributed by atoms with Crippen molar-refractivity contribution in [2.24, 2.45) is 0 Å². The number of nitrogens with zero attached hydrogens (tertiary/aromatic N) is 1. The van der Waals surface area contributed by atoms with Gasteiger partial charge in [-0.05, 0) is 19.1 Å². The van der Waals surface area contributed by atoms with Crippen molar-refractivity contribution in [3.8, 4) is 11.3 Å². The zero-order chi connectivity index (χ0) is 13.5. The van der Waals surface area contributed by atoms with Crippen molar-refractivity contribution in [1.29, 1.82) is 0 Å². The molecule has 0 saturated carbocycles. The van der Waals surface area contributed by atoms with Gasteiger partial charge < -0.3 is 0 Å². The molecule has 3 aromatic rings. The first kappa shape index (κ1) is 11.4. The summed E-state index contributed by atoms with van der Waals surface area (Å²) in [5.41, 5.74) is 6.69. The Morgan fingerprint density at radius 2 is 1.55 bits per heavy atom. The molecule has 0 amide bonds. The number of rotatable bonds is 1. The Balaban J connectivity index is 1.97. The quantitative estimate of drug-likeness (QED) is 0.456. The lowest BCUT2D eigenvalue weighted by molar-refractivity contribution is -0.688. The maximum absolute atomic E-state index is 2.37.